The number of hydrogen-bond donors (Lipinski definition) is 0. The molecule has 0 radical (unpaired) electrons. The molecule has 9 heavy (non-hydrogen) atoms. The van der Waals surface area contributed by atoms with E-state index in [0.717, 1.165) is 12.8 Å². The molecule has 0 saturated heterocycles. The highest BCUT2D eigenvalue weighted by atomic mass is 32.2. The molecule has 1 rings (SSSR count). The fraction of sp³-hybridized carbons (Fsp3) is 0.667. The molecule has 52 valence electrons. The molecule has 1 aliphatic rings. The topological polar surface area (TPSA) is 40.1 Å². The standard InChI is InChI=1S/C6H10O2S/c1-5-2-3-6(4-5)9(7)8/h3,5H,2,4H2,1H3,(H,7,8)/p-1. The number of rotatable bonds is 1. The molecule has 0 aromatic carbocycles. The van der Waals surface area contributed by atoms with E-state index in [1.807, 2.05) is 0 Å². The Morgan fingerprint density at radius 2 is 2.56 bits per heavy atom. The van der Waals surface area contributed by atoms with E-state index in [1.54, 1.807) is 6.08 Å². The normalized spacial score (nSPS) is 30.0. The van der Waals surface area contributed by atoms with Gasteiger partial charge in [-0.15, -0.1) is 0 Å². The van der Waals surface area contributed by atoms with Gasteiger partial charge in [-0.3, -0.25) is 4.21 Å². The molecule has 2 nitrogen and oxygen atoms in total. The first-order valence-electron chi connectivity index (χ1n) is 2.98. The van der Waals surface area contributed by atoms with Crippen molar-refractivity contribution in [2.45, 2.75) is 19.8 Å². The van der Waals surface area contributed by atoms with Gasteiger partial charge in [0.25, 0.3) is 0 Å². The first-order valence-corrected chi connectivity index (χ1v) is 4.06. The van der Waals surface area contributed by atoms with Gasteiger partial charge >= 0.3 is 0 Å². The van der Waals surface area contributed by atoms with Gasteiger partial charge in [-0.2, -0.15) is 0 Å². The van der Waals surface area contributed by atoms with Crippen LogP contribution in [0, 0.1) is 5.92 Å². The molecule has 2 atom stereocenters. The van der Waals surface area contributed by atoms with Crippen molar-refractivity contribution in [3.05, 3.63) is 11.0 Å². The molecule has 0 heterocycles. The lowest BCUT2D eigenvalue weighted by Gasteiger charge is -2.05. The molecule has 0 bridgehead atoms. The minimum atomic E-state index is -1.95. The number of allylic oxidation sites excluding steroid dienone is 2. The zero-order valence-electron chi connectivity index (χ0n) is 5.29. The zero-order valence-corrected chi connectivity index (χ0v) is 6.11. The van der Waals surface area contributed by atoms with Gasteiger partial charge in [0.2, 0.25) is 0 Å². The highest BCUT2D eigenvalue weighted by molar-refractivity contribution is 7.83. The fourth-order valence-corrected chi connectivity index (χ4v) is 1.63. The van der Waals surface area contributed by atoms with Crippen LogP contribution in [0.15, 0.2) is 11.0 Å². The molecule has 0 saturated carbocycles. The summed E-state index contributed by atoms with van der Waals surface area (Å²) in [6.45, 7) is 2.05. The molecule has 2 unspecified atom stereocenters. The van der Waals surface area contributed by atoms with Gasteiger partial charge < -0.3 is 4.55 Å². The van der Waals surface area contributed by atoms with Crippen LogP contribution in [0.5, 0.6) is 0 Å². The molecular weight excluding hydrogens is 136 g/mol. The summed E-state index contributed by atoms with van der Waals surface area (Å²) in [6, 6.07) is 0. The number of hydrogen-bond acceptors (Lipinski definition) is 2. The largest absolute Gasteiger partial charge is 0.769 e. The minimum absolute atomic E-state index is 0.526. The summed E-state index contributed by atoms with van der Waals surface area (Å²) in [4.78, 5) is 0.586. The van der Waals surface area contributed by atoms with Crippen LogP contribution in [-0.2, 0) is 11.1 Å². The average molecular weight is 145 g/mol. The molecule has 0 aromatic heterocycles. The quantitative estimate of drug-likeness (QED) is 0.520. The van der Waals surface area contributed by atoms with Crippen LogP contribution in [0.3, 0.4) is 0 Å². The van der Waals surface area contributed by atoms with E-state index in [1.165, 1.54) is 0 Å². The lowest BCUT2D eigenvalue weighted by molar-refractivity contribution is 0.539. The minimum Gasteiger partial charge on any atom is -0.769 e. The molecule has 1 aliphatic carbocycles. The van der Waals surface area contributed by atoms with Crippen LogP contribution < -0.4 is 0 Å². The highest BCUT2D eigenvalue weighted by Gasteiger charge is 2.11. The van der Waals surface area contributed by atoms with Crippen molar-refractivity contribution in [1.29, 1.82) is 0 Å². The van der Waals surface area contributed by atoms with Crippen LogP contribution >= 0.6 is 0 Å². The summed E-state index contributed by atoms with van der Waals surface area (Å²) in [5, 5.41) is 0. The molecule has 0 spiro atoms. The van der Waals surface area contributed by atoms with Crippen LogP contribution in [0.1, 0.15) is 19.8 Å². The van der Waals surface area contributed by atoms with Crippen LogP contribution in [-0.4, -0.2) is 8.76 Å². The van der Waals surface area contributed by atoms with Crippen LogP contribution in [0.2, 0.25) is 0 Å². The maximum atomic E-state index is 10.3. The van der Waals surface area contributed by atoms with Gasteiger partial charge in [-0.1, -0.05) is 13.0 Å². The Kier molecular flexibility index (Phi) is 2.03. The lowest BCUT2D eigenvalue weighted by atomic mass is 10.1. The molecular formula is C6H9O2S-. The third kappa shape index (κ3) is 1.63. The van der Waals surface area contributed by atoms with Crippen molar-refractivity contribution in [1.82, 2.24) is 0 Å². The predicted molar refractivity (Wildman–Crippen MR) is 35.4 cm³/mol. The third-order valence-electron chi connectivity index (χ3n) is 1.51. The second kappa shape index (κ2) is 2.62. The molecule has 0 aliphatic heterocycles. The van der Waals surface area contributed by atoms with Crippen molar-refractivity contribution in [2.24, 2.45) is 5.92 Å². The van der Waals surface area contributed by atoms with E-state index in [2.05, 4.69) is 6.92 Å². The summed E-state index contributed by atoms with van der Waals surface area (Å²) >= 11 is -1.95. The van der Waals surface area contributed by atoms with Gasteiger partial charge in [0, 0.05) is 0 Å². The second-order valence-electron chi connectivity index (χ2n) is 2.45. The molecule has 0 fully saturated rings. The van der Waals surface area contributed by atoms with Crippen molar-refractivity contribution in [3.8, 4) is 0 Å². The Morgan fingerprint density at radius 1 is 1.89 bits per heavy atom. The van der Waals surface area contributed by atoms with Gasteiger partial charge in [-0.25, -0.2) is 0 Å². The smallest absolute Gasteiger partial charge is 0.00130 e. The Labute approximate surface area is 57.2 Å². The Balaban J connectivity index is 2.55. The first kappa shape index (κ1) is 6.96. The van der Waals surface area contributed by atoms with E-state index in [9.17, 15) is 8.76 Å². The molecule has 0 amide bonds. The van der Waals surface area contributed by atoms with E-state index >= 15 is 0 Å². The summed E-state index contributed by atoms with van der Waals surface area (Å²) < 4.78 is 20.6. The highest BCUT2D eigenvalue weighted by Crippen LogP contribution is 2.25. The van der Waals surface area contributed by atoms with Gasteiger partial charge in [-0.05, 0) is 34.7 Å². The SMILES string of the molecule is CC1CC=C(S(=O)[O-])C1. The van der Waals surface area contributed by atoms with Crippen molar-refractivity contribution in [2.75, 3.05) is 0 Å². The van der Waals surface area contributed by atoms with Crippen molar-refractivity contribution in [3.63, 3.8) is 0 Å². The Morgan fingerprint density at radius 3 is 2.78 bits per heavy atom. The van der Waals surface area contributed by atoms with E-state index in [4.69, 9.17) is 0 Å². The van der Waals surface area contributed by atoms with Gasteiger partial charge in [0.15, 0.2) is 0 Å². The summed E-state index contributed by atoms with van der Waals surface area (Å²) in [5.41, 5.74) is 0. The second-order valence-corrected chi connectivity index (χ2v) is 3.44. The monoisotopic (exact) mass is 145 g/mol. The maximum absolute atomic E-state index is 10.3. The third-order valence-corrected chi connectivity index (χ3v) is 2.27. The van der Waals surface area contributed by atoms with E-state index < -0.39 is 11.1 Å². The van der Waals surface area contributed by atoms with Crippen molar-refractivity contribution >= 4 is 11.1 Å². The average Bonchev–Trinajstić information content (AvgIpc) is 2.14. The van der Waals surface area contributed by atoms with Crippen molar-refractivity contribution < 1.29 is 8.76 Å². The van der Waals surface area contributed by atoms with Crippen LogP contribution in [0.25, 0.3) is 0 Å². The fourth-order valence-electron chi connectivity index (χ4n) is 0.979. The Bertz CT molecular complexity index is 162. The maximum Gasteiger partial charge on any atom is -0.00130 e. The first-order chi connectivity index (χ1) is 4.20. The lowest BCUT2D eigenvalue weighted by Crippen LogP contribution is -1.91. The summed E-state index contributed by atoms with van der Waals surface area (Å²) in [6.07, 6.45) is 3.45. The summed E-state index contributed by atoms with van der Waals surface area (Å²) in [7, 11) is 0. The zero-order chi connectivity index (χ0) is 6.85. The van der Waals surface area contributed by atoms with Gasteiger partial charge in [0.1, 0.15) is 0 Å². The molecule has 3 heteroatoms. The molecule has 0 N–H and O–H groups in total. The Hall–Kier alpha value is -0.150. The molecule has 0 aromatic rings. The predicted octanol–water partition coefficient (Wildman–Crippen LogP) is 1.18. The van der Waals surface area contributed by atoms with E-state index in [-0.39, 0.29) is 0 Å². The van der Waals surface area contributed by atoms with Crippen LogP contribution in [0.4, 0.5) is 0 Å². The summed E-state index contributed by atoms with van der Waals surface area (Å²) in [5.74, 6) is 0.526. The van der Waals surface area contributed by atoms with Gasteiger partial charge in [0.05, 0.1) is 0 Å². The van der Waals surface area contributed by atoms with E-state index in [0.29, 0.717) is 10.8 Å².